The highest BCUT2D eigenvalue weighted by molar-refractivity contribution is 5.21. The molecule has 1 unspecified atom stereocenters. The van der Waals surface area contributed by atoms with Crippen LogP contribution in [-0.2, 0) is 6.42 Å². The Morgan fingerprint density at radius 2 is 2.00 bits per heavy atom. The van der Waals surface area contributed by atoms with E-state index in [1.165, 1.54) is 11.1 Å². The zero-order chi connectivity index (χ0) is 9.68. The minimum Gasteiger partial charge on any atom is -0.316 e. The van der Waals surface area contributed by atoms with Crippen LogP contribution in [-0.4, -0.2) is 6.04 Å². The molecular weight excluding hydrogens is 160 g/mol. The van der Waals surface area contributed by atoms with E-state index in [0.29, 0.717) is 0 Å². The summed E-state index contributed by atoms with van der Waals surface area (Å²) in [6, 6.07) is 10.0. The maximum absolute atomic E-state index is 8.48. The zero-order valence-corrected chi connectivity index (χ0v) is 7.83. The van der Waals surface area contributed by atoms with Crippen molar-refractivity contribution < 1.29 is 0 Å². The number of nitrogens with zero attached hydrogens (tertiary/aromatic N) is 1. The van der Waals surface area contributed by atoms with Crippen molar-refractivity contribution in [3.8, 4) is 6.07 Å². The first-order valence-corrected chi connectivity index (χ1v) is 4.43. The van der Waals surface area contributed by atoms with E-state index in [0.717, 1.165) is 12.8 Å². The van der Waals surface area contributed by atoms with Crippen LogP contribution in [0.15, 0.2) is 24.3 Å². The van der Waals surface area contributed by atoms with Crippen molar-refractivity contribution in [3.05, 3.63) is 35.4 Å². The van der Waals surface area contributed by atoms with Crippen molar-refractivity contribution in [2.45, 2.75) is 25.8 Å². The van der Waals surface area contributed by atoms with Crippen LogP contribution in [0.25, 0.3) is 0 Å². The molecule has 1 aromatic carbocycles. The summed E-state index contributed by atoms with van der Waals surface area (Å²) >= 11 is 0. The number of hydrogen-bond acceptors (Lipinski definition) is 2. The van der Waals surface area contributed by atoms with Gasteiger partial charge in [-0.15, -0.1) is 0 Å². The third-order valence-corrected chi connectivity index (χ3v) is 2.03. The van der Waals surface area contributed by atoms with Gasteiger partial charge in [0.1, 0.15) is 0 Å². The molecular formula is C11H14N2. The standard InChI is InChI=1S/C11H14N2/c1-9-2-4-10(5-3-9)6-7-11(13)8-12/h2-5,11H,6-7,13H2,1H3. The molecule has 0 aliphatic rings. The SMILES string of the molecule is Cc1ccc(CCC(N)C#N)cc1. The highest BCUT2D eigenvalue weighted by Crippen LogP contribution is 2.06. The van der Waals surface area contributed by atoms with Crippen molar-refractivity contribution in [2.75, 3.05) is 0 Å². The molecule has 0 heterocycles. The van der Waals surface area contributed by atoms with E-state index in [-0.39, 0.29) is 6.04 Å². The minimum atomic E-state index is -0.332. The fourth-order valence-corrected chi connectivity index (χ4v) is 1.14. The van der Waals surface area contributed by atoms with E-state index in [2.05, 4.69) is 31.2 Å². The van der Waals surface area contributed by atoms with Gasteiger partial charge in [0, 0.05) is 0 Å². The Balaban J connectivity index is 2.47. The lowest BCUT2D eigenvalue weighted by molar-refractivity contribution is 0.731. The highest BCUT2D eigenvalue weighted by Gasteiger charge is 1.99. The maximum Gasteiger partial charge on any atom is 0.0931 e. The van der Waals surface area contributed by atoms with Crippen molar-refractivity contribution in [1.82, 2.24) is 0 Å². The Hall–Kier alpha value is -1.33. The molecule has 0 radical (unpaired) electrons. The number of nitriles is 1. The molecule has 68 valence electrons. The normalized spacial score (nSPS) is 12.1. The zero-order valence-electron chi connectivity index (χ0n) is 7.83. The summed E-state index contributed by atoms with van der Waals surface area (Å²) in [7, 11) is 0. The molecule has 0 fully saturated rings. The third-order valence-electron chi connectivity index (χ3n) is 2.03. The molecule has 0 amide bonds. The second-order valence-electron chi connectivity index (χ2n) is 3.26. The number of benzene rings is 1. The molecule has 0 spiro atoms. The van der Waals surface area contributed by atoms with Crippen LogP contribution in [0.5, 0.6) is 0 Å². The average molecular weight is 174 g/mol. The third kappa shape index (κ3) is 3.27. The first-order valence-electron chi connectivity index (χ1n) is 4.43. The Labute approximate surface area is 79.0 Å². The Kier molecular flexibility index (Phi) is 3.48. The average Bonchev–Trinajstić information content (AvgIpc) is 2.16. The van der Waals surface area contributed by atoms with Gasteiger partial charge in [-0.3, -0.25) is 0 Å². The molecule has 0 saturated heterocycles. The summed E-state index contributed by atoms with van der Waals surface area (Å²) in [5, 5.41) is 8.48. The largest absolute Gasteiger partial charge is 0.316 e. The summed E-state index contributed by atoms with van der Waals surface area (Å²) in [6.07, 6.45) is 1.62. The molecule has 2 N–H and O–H groups in total. The number of aryl methyl sites for hydroxylation is 2. The van der Waals surface area contributed by atoms with Gasteiger partial charge in [0.2, 0.25) is 0 Å². The number of nitrogens with two attached hydrogens (primary N) is 1. The van der Waals surface area contributed by atoms with Gasteiger partial charge < -0.3 is 5.73 Å². The van der Waals surface area contributed by atoms with Gasteiger partial charge in [0.25, 0.3) is 0 Å². The van der Waals surface area contributed by atoms with Gasteiger partial charge in [0.05, 0.1) is 12.1 Å². The lowest BCUT2D eigenvalue weighted by atomic mass is 10.1. The van der Waals surface area contributed by atoms with E-state index >= 15 is 0 Å². The molecule has 0 aromatic heterocycles. The highest BCUT2D eigenvalue weighted by atomic mass is 14.6. The number of rotatable bonds is 3. The van der Waals surface area contributed by atoms with Gasteiger partial charge >= 0.3 is 0 Å². The van der Waals surface area contributed by atoms with Crippen molar-refractivity contribution in [3.63, 3.8) is 0 Å². The van der Waals surface area contributed by atoms with E-state index in [4.69, 9.17) is 11.0 Å². The summed E-state index contributed by atoms with van der Waals surface area (Å²) in [5.41, 5.74) is 7.99. The van der Waals surface area contributed by atoms with E-state index in [9.17, 15) is 0 Å². The molecule has 2 heteroatoms. The minimum absolute atomic E-state index is 0.332. The monoisotopic (exact) mass is 174 g/mol. The van der Waals surface area contributed by atoms with Gasteiger partial charge in [0.15, 0.2) is 0 Å². The van der Waals surface area contributed by atoms with Crippen LogP contribution in [0.1, 0.15) is 17.5 Å². The second kappa shape index (κ2) is 4.64. The van der Waals surface area contributed by atoms with Crippen molar-refractivity contribution in [2.24, 2.45) is 5.73 Å². The fraction of sp³-hybridized carbons (Fsp3) is 0.364. The molecule has 1 rings (SSSR count). The molecule has 0 aliphatic carbocycles. The van der Waals surface area contributed by atoms with Crippen LogP contribution in [0.2, 0.25) is 0 Å². The quantitative estimate of drug-likeness (QED) is 0.759. The second-order valence-corrected chi connectivity index (χ2v) is 3.26. The summed E-state index contributed by atoms with van der Waals surface area (Å²) in [5.74, 6) is 0. The van der Waals surface area contributed by atoms with Gasteiger partial charge in [-0.05, 0) is 25.3 Å². The van der Waals surface area contributed by atoms with E-state index < -0.39 is 0 Å². The van der Waals surface area contributed by atoms with Crippen molar-refractivity contribution in [1.29, 1.82) is 5.26 Å². The molecule has 0 bridgehead atoms. The van der Waals surface area contributed by atoms with Gasteiger partial charge in [-0.2, -0.15) is 5.26 Å². The fourth-order valence-electron chi connectivity index (χ4n) is 1.14. The van der Waals surface area contributed by atoms with Gasteiger partial charge in [-0.1, -0.05) is 29.8 Å². The molecule has 0 aliphatic heterocycles. The smallest absolute Gasteiger partial charge is 0.0931 e. The summed E-state index contributed by atoms with van der Waals surface area (Å²) in [4.78, 5) is 0. The predicted molar refractivity (Wildman–Crippen MR) is 53.1 cm³/mol. The molecule has 13 heavy (non-hydrogen) atoms. The van der Waals surface area contributed by atoms with E-state index in [1.54, 1.807) is 0 Å². The van der Waals surface area contributed by atoms with Crippen LogP contribution in [0, 0.1) is 18.3 Å². The van der Waals surface area contributed by atoms with Gasteiger partial charge in [-0.25, -0.2) is 0 Å². The molecule has 2 nitrogen and oxygen atoms in total. The number of hydrogen-bond donors (Lipinski definition) is 1. The lowest BCUT2D eigenvalue weighted by Crippen LogP contribution is -2.17. The molecule has 1 aromatic rings. The molecule has 0 saturated carbocycles. The topological polar surface area (TPSA) is 49.8 Å². The Morgan fingerprint density at radius 1 is 1.38 bits per heavy atom. The van der Waals surface area contributed by atoms with Crippen LogP contribution in [0.3, 0.4) is 0 Å². The van der Waals surface area contributed by atoms with E-state index in [1.807, 2.05) is 6.07 Å². The van der Waals surface area contributed by atoms with Crippen molar-refractivity contribution >= 4 is 0 Å². The molecule has 1 atom stereocenters. The maximum atomic E-state index is 8.48. The van der Waals surface area contributed by atoms with Crippen LogP contribution >= 0.6 is 0 Å². The van der Waals surface area contributed by atoms with Crippen LogP contribution in [0.4, 0.5) is 0 Å². The lowest BCUT2D eigenvalue weighted by Gasteiger charge is -2.02. The predicted octanol–water partition coefficient (Wildman–Crippen LogP) is 1.78. The summed E-state index contributed by atoms with van der Waals surface area (Å²) < 4.78 is 0. The van der Waals surface area contributed by atoms with Crippen LogP contribution < -0.4 is 5.73 Å². The first kappa shape index (κ1) is 9.76. The summed E-state index contributed by atoms with van der Waals surface area (Å²) in [6.45, 7) is 2.06. The first-order chi connectivity index (χ1) is 6.22. The Bertz CT molecular complexity index is 295. The Morgan fingerprint density at radius 3 is 2.54 bits per heavy atom.